The summed E-state index contributed by atoms with van der Waals surface area (Å²) in [4.78, 5) is 12.1. The first-order chi connectivity index (χ1) is 9.56. The maximum Gasteiger partial charge on any atom is 0.291 e. The van der Waals surface area contributed by atoms with Gasteiger partial charge in [-0.25, -0.2) is 0 Å². The van der Waals surface area contributed by atoms with Crippen molar-refractivity contribution in [2.75, 3.05) is 12.4 Å². The molecular weight excluding hydrogens is 256 g/mol. The molecule has 0 atom stereocenters. The van der Waals surface area contributed by atoms with E-state index >= 15 is 0 Å². The van der Waals surface area contributed by atoms with E-state index < -0.39 is 0 Å². The number of hydrogen-bond acceptors (Lipinski definition) is 4. The van der Waals surface area contributed by atoms with Gasteiger partial charge in [-0.3, -0.25) is 4.79 Å². The van der Waals surface area contributed by atoms with Gasteiger partial charge in [0.05, 0.1) is 13.7 Å². The summed E-state index contributed by atoms with van der Waals surface area (Å²) < 4.78 is 10.7. The summed E-state index contributed by atoms with van der Waals surface area (Å²) in [7, 11) is 1.61. The lowest BCUT2D eigenvalue weighted by atomic mass is 10.1. The van der Waals surface area contributed by atoms with Gasteiger partial charge in [0.1, 0.15) is 11.5 Å². The van der Waals surface area contributed by atoms with Crippen molar-refractivity contribution in [1.82, 2.24) is 0 Å². The molecule has 0 spiro atoms. The van der Waals surface area contributed by atoms with Gasteiger partial charge in [-0.1, -0.05) is 6.07 Å². The number of benzene rings is 1. The number of furan rings is 1. The molecule has 0 saturated heterocycles. The number of carbonyl (C=O) groups is 1. The third kappa shape index (κ3) is 2.67. The molecule has 5 heteroatoms. The van der Waals surface area contributed by atoms with Gasteiger partial charge < -0.3 is 20.2 Å². The highest BCUT2D eigenvalue weighted by Gasteiger charge is 2.14. The molecule has 0 unspecified atom stereocenters. The van der Waals surface area contributed by atoms with Crippen LogP contribution in [0.15, 0.2) is 28.7 Å². The van der Waals surface area contributed by atoms with Gasteiger partial charge in [-0.05, 0) is 37.6 Å². The normalized spacial score (nSPS) is 10.4. The highest BCUT2D eigenvalue weighted by Crippen LogP contribution is 2.29. The Balaban J connectivity index is 2.23. The van der Waals surface area contributed by atoms with Crippen molar-refractivity contribution in [1.29, 1.82) is 0 Å². The average Bonchev–Trinajstić information content (AvgIpc) is 2.91. The highest BCUT2D eigenvalue weighted by molar-refractivity contribution is 6.02. The number of anilines is 1. The third-order valence-electron chi connectivity index (χ3n) is 3.14. The van der Waals surface area contributed by atoms with E-state index in [0.717, 1.165) is 16.9 Å². The molecule has 20 heavy (non-hydrogen) atoms. The number of rotatable bonds is 4. The molecule has 0 fully saturated rings. The van der Waals surface area contributed by atoms with Crippen molar-refractivity contribution < 1.29 is 13.9 Å². The molecule has 2 aromatic rings. The van der Waals surface area contributed by atoms with Crippen molar-refractivity contribution in [2.24, 2.45) is 5.73 Å². The van der Waals surface area contributed by atoms with E-state index in [0.29, 0.717) is 11.4 Å². The first kappa shape index (κ1) is 14.1. The lowest BCUT2D eigenvalue weighted by Crippen LogP contribution is -2.12. The van der Waals surface area contributed by atoms with E-state index in [1.165, 1.54) is 0 Å². The maximum atomic E-state index is 12.1. The molecule has 1 heterocycles. The minimum Gasteiger partial charge on any atom is -0.496 e. The van der Waals surface area contributed by atoms with Crippen LogP contribution in [0.4, 0.5) is 5.69 Å². The van der Waals surface area contributed by atoms with Crippen molar-refractivity contribution >= 4 is 11.6 Å². The Morgan fingerprint density at radius 1 is 1.30 bits per heavy atom. The summed E-state index contributed by atoms with van der Waals surface area (Å²) in [5.41, 5.74) is 8.05. The second-order valence-corrected chi connectivity index (χ2v) is 4.51. The first-order valence-electron chi connectivity index (χ1n) is 6.31. The Bertz CT molecular complexity index is 632. The fourth-order valence-electron chi connectivity index (χ4n) is 2.07. The molecule has 1 amide bonds. The summed E-state index contributed by atoms with van der Waals surface area (Å²) in [6.45, 7) is 4.12. The Kier molecular flexibility index (Phi) is 4.10. The Morgan fingerprint density at radius 3 is 2.65 bits per heavy atom. The van der Waals surface area contributed by atoms with E-state index in [-0.39, 0.29) is 18.2 Å². The lowest BCUT2D eigenvalue weighted by molar-refractivity contribution is 0.0995. The van der Waals surface area contributed by atoms with Crippen LogP contribution in [0.1, 0.15) is 27.4 Å². The molecule has 0 aliphatic carbocycles. The van der Waals surface area contributed by atoms with E-state index in [9.17, 15) is 4.79 Å². The molecule has 2 rings (SSSR count). The van der Waals surface area contributed by atoms with Crippen molar-refractivity contribution in [2.45, 2.75) is 20.4 Å². The van der Waals surface area contributed by atoms with E-state index in [2.05, 4.69) is 5.32 Å². The van der Waals surface area contributed by atoms with Gasteiger partial charge in [0.25, 0.3) is 5.91 Å². The largest absolute Gasteiger partial charge is 0.496 e. The van der Waals surface area contributed by atoms with Gasteiger partial charge in [0.2, 0.25) is 0 Å². The van der Waals surface area contributed by atoms with Gasteiger partial charge in [-0.15, -0.1) is 0 Å². The Morgan fingerprint density at radius 2 is 2.05 bits per heavy atom. The standard InChI is InChI=1S/C15H18N2O3/c1-9-4-6-12(10(2)14(9)19-3)17-15(18)13-7-5-11(8-16)20-13/h4-7H,8,16H2,1-3H3,(H,17,18). The zero-order valence-corrected chi connectivity index (χ0v) is 11.8. The molecule has 106 valence electrons. The summed E-state index contributed by atoms with van der Waals surface area (Å²) in [6, 6.07) is 7.04. The molecule has 0 aliphatic rings. The number of aryl methyl sites for hydroxylation is 1. The molecule has 1 aromatic heterocycles. The van der Waals surface area contributed by atoms with Crippen LogP contribution < -0.4 is 15.8 Å². The second-order valence-electron chi connectivity index (χ2n) is 4.51. The van der Waals surface area contributed by atoms with Crippen LogP contribution in [0.5, 0.6) is 5.75 Å². The molecule has 0 aliphatic heterocycles. The summed E-state index contributed by atoms with van der Waals surface area (Å²) in [5, 5.41) is 2.81. The summed E-state index contributed by atoms with van der Waals surface area (Å²) in [6.07, 6.45) is 0. The number of hydrogen-bond donors (Lipinski definition) is 2. The van der Waals surface area contributed by atoms with Crippen molar-refractivity contribution in [3.63, 3.8) is 0 Å². The number of carbonyl (C=O) groups excluding carboxylic acids is 1. The fraction of sp³-hybridized carbons (Fsp3) is 0.267. The van der Waals surface area contributed by atoms with Gasteiger partial charge >= 0.3 is 0 Å². The van der Waals surface area contributed by atoms with Crippen LogP contribution in [0.25, 0.3) is 0 Å². The van der Waals surface area contributed by atoms with Crippen LogP contribution in [0, 0.1) is 13.8 Å². The number of nitrogens with one attached hydrogen (secondary N) is 1. The Hall–Kier alpha value is -2.27. The smallest absolute Gasteiger partial charge is 0.291 e. The van der Waals surface area contributed by atoms with E-state index in [1.54, 1.807) is 19.2 Å². The molecular formula is C15H18N2O3. The van der Waals surface area contributed by atoms with Crippen LogP contribution in [-0.4, -0.2) is 13.0 Å². The summed E-state index contributed by atoms with van der Waals surface area (Å²) >= 11 is 0. The van der Waals surface area contributed by atoms with Crippen LogP contribution in [0.2, 0.25) is 0 Å². The van der Waals surface area contributed by atoms with Gasteiger partial charge in [0, 0.05) is 11.3 Å². The Labute approximate surface area is 117 Å². The van der Waals surface area contributed by atoms with E-state index in [1.807, 2.05) is 26.0 Å². The second kappa shape index (κ2) is 5.79. The molecule has 0 radical (unpaired) electrons. The first-order valence-corrected chi connectivity index (χ1v) is 6.31. The minimum absolute atomic E-state index is 0.240. The number of ether oxygens (including phenoxy) is 1. The fourth-order valence-corrected chi connectivity index (χ4v) is 2.07. The average molecular weight is 274 g/mol. The monoisotopic (exact) mass is 274 g/mol. The lowest BCUT2D eigenvalue weighted by Gasteiger charge is -2.13. The number of amides is 1. The quantitative estimate of drug-likeness (QED) is 0.898. The van der Waals surface area contributed by atoms with Crippen molar-refractivity contribution in [3.05, 3.63) is 46.9 Å². The summed E-state index contributed by atoms with van der Waals surface area (Å²) in [5.74, 6) is 1.28. The number of nitrogens with two attached hydrogens (primary N) is 1. The predicted molar refractivity (Wildman–Crippen MR) is 77.0 cm³/mol. The predicted octanol–water partition coefficient (Wildman–Crippen LogP) is 2.62. The third-order valence-corrected chi connectivity index (χ3v) is 3.14. The SMILES string of the molecule is COc1c(C)ccc(NC(=O)c2ccc(CN)o2)c1C. The molecule has 5 nitrogen and oxygen atoms in total. The van der Waals surface area contributed by atoms with Crippen LogP contribution >= 0.6 is 0 Å². The molecule has 1 aromatic carbocycles. The topological polar surface area (TPSA) is 77.5 Å². The van der Waals surface area contributed by atoms with Crippen LogP contribution in [-0.2, 0) is 6.54 Å². The van der Waals surface area contributed by atoms with E-state index in [4.69, 9.17) is 14.9 Å². The molecule has 0 bridgehead atoms. The zero-order valence-electron chi connectivity index (χ0n) is 11.8. The zero-order chi connectivity index (χ0) is 14.7. The minimum atomic E-state index is -0.307. The van der Waals surface area contributed by atoms with Crippen molar-refractivity contribution in [3.8, 4) is 5.75 Å². The maximum absolute atomic E-state index is 12.1. The van der Waals surface area contributed by atoms with Gasteiger partial charge in [-0.2, -0.15) is 0 Å². The number of methoxy groups -OCH3 is 1. The van der Waals surface area contributed by atoms with Crippen LogP contribution in [0.3, 0.4) is 0 Å². The highest BCUT2D eigenvalue weighted by atomic mass is 16.5. The van der Waals surface area contributed by atoms with Gasteiger partial charge in [0.15, 0.2) is 5.76 Å². The molecule has 0 saturated carbocycles. The molecule has 3 N–H and O–H groups in total.